The maximum atomic E-state index is 5.42. The third-order valence-electron chi connectivity index (χ3n) is 1.61. The summed E-state index contributed by atoms with van der Waals surface area (Å²) in [6, 6.07) is 1.96. The van der Waals surface area contributed by atoms with Crippen molar-refractivity contribution in [1.82, 2.24) is 15.5 Å². The smallest absolute Gasteiger partial charge is 0.248 e. The highest BCUT2D eigenvalue weighted by Gasteiger charge is 2.09. The monoisotopic (exact) mass is 273 g/mol. The van der Waals surface area contributed by atoms with Gasteiger partial charge in [0.15, 0.2) is 0 Å². The zero-order valence-electron chi connectivity index (χ0n) is 7.45. The molecule has 0 radical (unpaired) electrons. The average Bonchev–Trinajstić information content (AvgIpc) is 2.74. The third-order valence-corrected chi connectivity index (χ3v) is 3.11. The van der Waals surface area contributed by atoms with E-state index >= 15 is 0 Å². The maximum Gasteiger partial charge on any atom is 0.248 e. The van der Waals surface area contributed by atoms with Crippen LogP contribution in [0, 0.1) is 0 Å². The quantitative estimate of drug-likeness (QED) is 0.932. The van der Waals surface area contributed by atoms with Crippen LogP contribution in [0.1, 0.15) is 5.89 Å². The molecule has 0 saturated carbocycles. The molecule has 14 heavy (non-hydrogen) atoms. The Kier molecular flexibility index (Phi) is 2.95. The van der Waals surface area contributed by atoms with Crippen molar-refractivity contribution >= 4 is 27.3 Å². The van der Waals surface area contributed by atoms with Gasteiger partial charge in [0.1, 0.15) is 0 Å². The van der Waals surface area contributed by atoms with Crippen molar-refractivity contribution in [3.8, 4) is 11.5 Å². The second-order valence-electron chi connectivity index (χ2n) is 2.67. The Hall–Kier alpha value is -0.720. The minimum absolute atomic E-state index is 0.567. The summed E-state index contributed by atoms with van der Waals surface area (Å²) in [5, 5.41) is 12.8. The molecule has 2 aromatic rings. The number of thiophene rings is 1. The van der Waals surface area contributed by atoms with E-state index in [4.69, 9.17) is 4.42 Å². The van der Waals surface area contributed by atoms with Gasteiger partial charge in [-0.3, -0.25) is 0 Å². The molecule has 0 saturated heterocycles. The molecule has 74 valence electrons. The van der Waals surface area contributed by atoms with Crippen LogP contribution in [0.25, 0.3) is 11.5 Å². The molecule has 0 unspecified atom stereocenters. The molecule has 2 heterocycles. The summed E-state index contributed by atoms with van der Waals surface area (Å²) < 4.78 is 6.48. The van der Waals surface area contributed by atoms with E-state index in [-0.39, 0.29) is 0 Å². The standard InChI is InChI=1S/C8H8BrN3OS/c1-10-3-7-11-12-8(13-7)5-2-6(9)14-4-5/h2,4,10H,3H2,1H3. The number of aromatic nitrogens is 2. The fourth-order valence-corrected chi connectivity index (χ4v) is 2.15. The molecule has 6 heteroatoms. The van der Waals surface area contributed by atoms with E-state index in [0.717, 1.165) is 9.35 Å². The molecule has 0 aliphatic heterocycles. The Morgan fingerprint density at radius 3 is 3.07 bits per heavy atom. The van der Waals surface area contributed by atoms with Crippen molar-refractivity contribution in [3.05, 3.63) is 21.1 Å². The zero-order chi connectivity index (χ0) is 9.97. The highest BCUT2D eigenvalue weighted by Crippen LogP contribution is 2.27. The van der Waals surface area contributed by atoms with Gasteiger partial charge in [-0.1, -0.05) is 0 Å². The zero-order valence-corrected chi connectivity index (χ0v) is 9.85. The SMILES string of the molecule is CNCc1nnc(-c2csc(Br)c2)o1. The molecule has 1 N–H and O–H groups in total. The van der Waals surface area contributed by atoms with Crippen molar-refractivity contribution in [2.75, 3.05) is 7.05 Å². The minimum atomic E-state index is 0.567. The predicted molar refractivity (Wildman–Crippen MR) is 58.1 cm³/mol. The van der Waals surface area contributed by atoms with Crippen molar-refractivity contribution in [2.45, 2.75) is 6.54 Å². The summed E-state index contributed by atoms with van der Waals surface area (Å²) in [4.78, 5) is 0. The van der Waals surface area contributed by atoms with Crippen LogP contribution >= 0.6 is 27.3 Å². The summed E-state index contributed by atoms with van der Waals surface area (Å²) >= 11 is 4.98. The van der Waals surface area contributed by atoms with Crippen LogP contribution < -0.4 is 5.32 Å². The first kappa shape index (κ1) is 9.82. The highest BCUT2D eigenvalue weighted by molar-refractivity contribution is 9.11. The van der Waals surface area contributed by atoms with Crippen LogP contribution in [-0.4, -0.2) is 17.2 Å². The molecule has 0 aromatic carbocycles. The number of nitrogens with zero attached hydrogens (tertiary/aromatic N) is 2. The summed E-state index contributed by atoms with van der Waals surface area (Å²) in [6.07, 6.45) is 0. The first-order chi connectivity index (χ1) is 6.79. The second kappa shape index (κ2) is 4.20. The number of hydrogen-bond donors (Lipinski definition) is 1. The Bertz CT molecular complexity index is 426. The van der Waals surface area contributed by atoms with E-state index in [0.29, 0.717) is 18.3 Å². The molecule has 0 aliphatic rings. The van der Waals surface area contributed by atoms with Gasteiger partial charge in [0.25, 0.3) is 0 Å². The lowest BCUT2D eigenvalue weighted by molar-refractivity contribution is 0.490. The molecule has 0 bridgehead atoms. The predicted octanol–water partition coefficient (Wildman–Crippen LogP) is 2.28. The summed E-state index contributed by atoms with van der Waals surface area (Å²) in [7, 11) is 1.84. The summed E-state index contributed by atoms with van der Waals surface area (Å²) in [5.74, 6) is 1.17. The minimum Gasteiger partial charge on any atom is -0.419 e. The van der Waals surface area contributed by atoms with E-state index in [1.807, 2.05) is 18.5 Å². The van der Waals surface area contributed by atoms with Crippen LogP contribution in [0.3, 0.4) is 0 Å². The lowest BCUT2D eigenvalue weighted by Crippen LogP contribution is -2.04. The van der Waals surface area contributed by atoms with Gasteiger partial charge in [0.2, 0.25) is 11.8 Å². The van der Waals surface area contributed by atoms with Crippen molar-refractivity contribution in [2.24, 2.45) is 0 Å². The Balaban J connectivity index is 2.24. The summed E-state index contributed by atoms with van der Waals surface area (Å²) in [5.41, 5.74) is 0.955. The van der Waals surface area contributed by atoms with E-state index in [1.54, 1.807) is 11.3 Å². The van der Waals surface area contributed by atoms with Crippen molar-refractivity contribution in [3.63, 3.8) is 0 Å². The van der Waals surface area contributed by atoms with E-state index in [9.17, 15) is 0 Å². The van der Waals surface area contributed by atoms with E-state index in [2.05, 4.69) is 31.4 Å². The molecular weight excluding hydrogens is 266 g/mol. The van der Waals surface area contributed by atoms with Gasteiger partial charge in [0, 0.05) is 5.38 Å². The van der Waals surface area contributed by atoms with E-state index < -0.39 is 0 Å². The van der Waals surface area contributed by atoms with Gasteiger partial charge in [0.05, 0.1) is 15.9 Å². The number of rotatable bonds is 3. The topological polar surface area (TPSA) is 51.0 Å². The van der Waals surface area contributed by atoms with Crippen LogP contribution in [-0.2, 0) is 6.54 Å². The van der Waals surface area contributed by atoms with E-state index in [1.165, 1.54) is 0 Å². The molecule has 0 aliphatic carbocycles. The lowest BCUT2D eigenvalue weighted by Gasteiger charge is -1.89. The average molecular weight is 274 g/mol. The molecule has 0 atom stereocenters. The van der Waals surface area contributed by atoms with Crippen LogP contribution in [0.4, 0.5) is 0 Å². The van der Waals surface area contributed by atoms with Gasteiger partial charge < -0.3 is 9.73 Å². The number of hydrogen-bond acceptors (Lipinski definition) is 5. The fraction of sp³-hybridized carbons (Fsp3) is 0.250. The van der Waals surface area contributed by atoms with Gasteiger partial charge in [-0.05, 0) is 29.0 Å². The summed E-state index contributed by atoms with van der Waals surface area (Å²) in [6.45, 7) is 0.596. The maximum absolute atomic E-state index is 5.42. The van der Waals surface area contributed by atoms with Gasteiger partial charge >= 0.3 is 0 Å². The van der Waals surface area contributed by atoms with Crippen LogP contribution in [0.5, 0.6) is 0 Å². The van der Waals surface area contributed by atoms with Gasteiger partial charge in [-0.25, -0.2) is 0 Å². The first-order valence-electron chi connectivity index (χ1n) is 4.01. The molecule has 2 aromatic heterocycles. The normalized spacial score (nSPS) is 10.7. The second-order valence-corrected chi connectivity index (χ2v) is 4.96. The van der Waals surface area contributed by atoms with Crippen LogP contribution in [0.2, 0.25) is 0 Å². The molecule has 0 fully saturated rings. The van der Waals surface area contributed by atoms with Gasteiger partial charge in [-0.15, -0.1) is 21.5 Å². The first-order valence-corrected chi connectivity index (χ1v) is 5.68. The molecule has 0 amide bonds. The molecule has 2 rings (SSSR count). The lowest BCUT2D eigenvalue weighted by atomic mass is 10.3. The molecule has 4 nitrogen and oxygen atoms in total. The van der Waals surface area contributed by atoms with Crippen molar-refractivity contribution < 1.29 is 4.42 Å². The molecule has 0 spiro atoms. The third kappa shape index (κ3) is 2.02. The number of nitrogens with one attached hydrogen (secondary N) is 1. The largest absolute Gasteiger partial charge is 0.419 e. The van der Waals surface area contributed by atoms with Gasteiger partial charge in [-0.2, -0.15) is 0 Å². The number of halogens is 1. The van der Waals surface area contributed by atoms with Crippen LogP contribution in [0.15, 0.2) is 19.6 Å². The highest BCUT2D eigenvalue weighted by atomic mass is 79.9. The Morgan fingerprint density at radius 1 is 1.57 bits per heavy atom. The molecular formula is C8H8BrN3OS. The fourth-order valence-electron chi connectivity index (χ4n) is 1.02. The van der Waals surface area contributed by atoms with Crippen molar-refractivity contribution in [1.29, 1.82) is 0 Å². The Labute approximate surface area is 93.5 Å². The Morgan fingerprint density at radius 2 is 2.43 bits per heavy atom.